The molecule has 9 atom stereocenters. The molecule has 1 heterocycles. The molecule has 3 aliphatic carbocycles. The van der Waals surface area contributed by atoms with Gasteiger partial charge in [-0.2, -0.15) is 5.26 Å². The predicted molar refractivity (Wildman–Crippen MR) is 109 cm³/mol. The third kappa shape index (κ3) is 3.29. The average molecular weight is 418 g/mol. The summed E-state index contributed by atoms with van der Waals surface area (Å²) in [7, 11) is 0. The number of carbonyl (C=O) groups excluding carboxylic acids is 2. The first-order valence-electron chi connectivity index (χ1n) is 11.5. The SMILES string of the molecule is CC(=O)OC1C2OC(C)(C)OC2C(C)C2CCC3C(CCC#N)C(=O)CCC3C21C. The highest BCUT2D eigenvalue weighted by Crippen LogP contribution is 2.64. The van der Waals surface area contributed by atoms with Crippen molar-refractivity contribution in [1.82, 2.24) is 0 Å². The van der Waals surface area contributed by atoms with E-state index in [1.54, 1.807) is 0 Å². The van der Waals surface area contributed by atoms with E-state index in [9.17, 15) is 9.59 Å². The van der Waals surface area contributed by atoms with E-state index in [2.05, 4.69) is 19.9 Å². The average Bonchev–Trinajstić information content (AvgIpc) is 2.99. The van der Waals surface area contributed by atoms with Gasteiger partial charge in [0.25, 0.3) is 0 Å². The monoisotopic (exact) mass is 417 g/mol. The number of hydrogen-bond donors (Lipinski definition) is 0. The van der Waals surface area contributed by atoms with E-state index in [4.69, 9.17) is 19.5 Å². The van der Waals surface area contributed by atoms with E-state index in [0.717, 1.165) is 19.3 Å². The van der Waals surface area contributed by atoms with Crippen molar-refractivity contribution in [3.05, 3.63) is 0 Å². The molecule has 0 radical (unpaired) electrons. The number of nitriles is 1. The van der Waals surface area contributed by atoms with E-state index in [1.165, 1.54) is 6.92 Å². The maximum atomic E-state index is 12.8. The largest absolute Gasteiger partial charge is 0.459 e. The fraction of sp³-hybridized carbons (Fsp3) is 0.875. The fourth-order valence-electron chi connectivity index (χ4n) is 7.61. The number of fused-ring (bicyclic) bond motifs is 4. The molecule has 4 aliphatic rings. The molecular formula is C24H35NO5. The zero-order chi connectivity index (χ0) is 21.8. The molecule has 3 saturated carbocycles. The minimum absolute atomic E-state index is 0.0515. The molecule has 4 fully saturated rings. The number of carbonyl (C=O) groups is 2. The Morgan fingerprint density at radius 3 is 2.53 bits per heavy atom. The molecular weight excluding hydrogens is 382 g/mol. The highest BCUT2D eigenvalue weighted by Gasteiger charge is 2.67. The van der Waals surface area contributed by atoms with Gasteiger partial charge in [-0.3, -0.25) is 9.59 Å². The standard InChI is InChI=1S/C24H35NO5/c1-13-17-9-8-15-16(7-6-12-25)19(27)11-10-18(15)24(17,5)22(28-14(2)26)21-20(13)29-23(3,4)30-21/h13,15-18,20-22H,6-11H2,1-5H3. The summed E-state index contributed by atoms with van der Waals surface area (Å²) in [6.45, 7) is 9.83. The lowest BCUT2D eigenvalue weighted by Crippen LogP contribution is -2.66. The Hall–Kier alpha value is -1.45. The van der Waals surface area contributed by atoms with Crippen LogP contribution in [0.25, 0.3) is 0 Å². The molecule has 1 saturated heterocycles. The molecule has 166 valence electrons. The summed E-state index contributed by atoms with van der Waals surface area (Å²) in [5, 5.41) is 9.10. The van der Waals surface area contributed by atoms with Crippen LogP contribution in [0.5, 0.6) is 0 Å². The first-order chi connectivity index (χ1) is 14.1. The molecule has 0 spiro atoms. The van der Waals surface area contributed by atoms with Crippen LogP contribution in [0, 0.1) is 46.3 Å². The quantitative estimate of drug-likeness (QED) is 0.645. The summed E-state index contributed by atoms with van der Waals surface area (Å²) in [6.07, 6.45) is 3.63. The summed E-state index contributed by atoms with van der Waals surface area (Å²) in [6, 6.07) is 2.22. The van der Waals surface area contributed by atoms with Crippen LogP contribution in [0.2, 0.25) is 0 Å². The lowest BCUT2D eigenvalue weighted by Gasteiger charge is -2.62. The summed E-state index contributed by atoms with van der Waals surface area (Å²) < 4.78 is 18.7. The van der Waals surface area contributed by atoms with Gasteiger partial charge in [-0.1, -0.05) is 13.8 Å². The van der Waals surface area contributed by atoms with Gasteiger partial charge in [0.2, 0.25) is 0 Å². The zero-order valence-electron chi connectivity index (χ0n) is 18.8. The lowest BCUT2D eigenvalue weighted by atomic mass is 9.44. The Kier molecular flexibility index (Phi) is 5.51. The normalized spacial score (nSPS) is 46.9. The minimum atomic E-state index is -0.705. The number of ketones is 1. The summed E-state index contributed by atoms with van der Waals surface area (Å²) in [4.78, 5) is 24.9. The van der Waals surface area contributed by atoms with Gasteiger partial charge in [0.15, 0.2) is 5.79 Å². The zero-order valence-corrected chi connectivity index (χ0v) is 18.8. The molecule has 0 aromatic rings. The summed E-state index contributed by atoms with van der Waals surface area (Å²) in [5.74, 6) is 0.400. The predicted octanol–water partition coefficient (Wildman–Crippen LogP) is 4.02. The number of nitrogens with zero attached hydrogens (tertiary/aromatic N) is 1. The Morgan fingerprint density at radius 1 is 1.17 bits per heavy atom. The van der Waals surface area contributed by atoms with Gasteiger partial charge in [-0.05, 0) is 63.2 Å². The Morgan fingerprint density at radius 2 is 1.87 bits per heavy atom. The summed E-state index contributed by atoms with van der Waals surface area (Å²) in [5.41, 5.74) is -0.273. The Balaban J connectivity index is 1.74. The second-order valence-corrected chi connectivity index (χ2v) is 10.6. The fourth-order valence-corrected chi connectivity index (χ4v) is 7.61. The molecule has 0 N–H and O–H groups in total. The van der Waals surface area contributed by atoms with Gasteiger partial charge in [0.05, 0.1) is 12.2 Å². The van der Waals surface area contributed by atoms with Crippen LogP contribution in [0.3, 0.4) is 0 Å². The minimum Gasteiger partial charge on any atom is -0.459 e. The smallest absolute Gasteiger partial charge is 0.303 e. The van der Waals surface area contributed by atoms with Crippen molar-refractivity contribution in [1.29, 1.82) is 5.26 Å². The molecule has 0 amide bonds. The molecule has 4 rings (SSSR count). The lowest BCUT2D eigenvalue weighted by molar-refractivity contribution is -0.225. The second-order valence-electron chi connectivity index (χ2n) is 10.6. The maximum absolute atomic E-state index is 12.8. The topological polar surface area (TPSA) is 85.6 Å². The second kappa shape index (κ2) is 7.60. The maximum Gasteiger partial charge on any atom is 0.303 e. The van der Waals surface area contributed by atoms with Crippen LogP contribution in [0.4, 0.5) is 0 Å². The van der Waals surface area contributed by atoms with Crippen molar-refractivity contribution in [3.8, 4) is 6.07 Å². The van der Waals surface area contributed by atoms with Crippen LogP contribution in [-0.4, -0.2) is 35.9 Å². The first kappa shape index (κ1) is 21.8. The molecule has 1 aliphatic heterocycles. The van der Waals surface area contributed by atoms with Crippen molar-refractivity contribution in [2.75, 3.05) is 0 Å². The van der Waals surface area contributed by atoms with E-state index in [1.807, 2.05) is 13.8 Å². The van der Waals surface area contributed by atoms with Crippen molar-refractivity contribution < 1.29 is 23.8 Å². The van der Waals surface area contributed by atoms with E-state index >= 15 is 0 Å². The number of ether oxygens (including phenoxy) is 3. The van der Waals surface area contributed by atoms with Gasteiger partial charge in [0.1, 0.15) is 18.0 Å². The Bertz CT molecular complexity index is 757. The number of hydrogen-bond acceptors (Lipinski definition) is 6. The molecule has 0 aromatic carbocycles. The van der Waals surface area contributed by atoms with Gasteiger partial charge < -0.3 is 14.2 Å². The number of rotatable bonds is 3. The van der Waals surface area contributed by atoms with Crippen molar-refractivity contribution >= 4 is 11.8 Å². The molecule has 6 nitrogen and oxygen atoms in total. The van der Waals surface area contributed by atoms with Crippen LogP contribution >= 0.6 is 0 Å². The van der Waals surface area contributed by atoms with Crippen LogP contribution < -0.4 is 0 Å². The molecule has 30 heavy (non-hydrogen) atoms. The van der Waals surface area contributed by atoms with Gasteiger partial charge in [-0.15, -0.1) is 0 Å². The van der Waals surface area contributed by atoms with Crippen molar-refractivity contribution in [2.24, 2.45) is 35.0 Å². The van der Waals surface area contributed by atoms with Crippen molar-refractivity contribution in [2.45, 2.75) is 97.2 Å². The van der Waals surface area contributed by atoms with Crippen molar-refractivity contribution in [3.63, 3.8) is 0 Å². The van der Waals surface area contributed by atoms with Gasteiger partial charge >= 0.3 is 5.97 Å². The van der Waals surface area contributed by atoms with E-state index in [0.29, 0.717) is 31.0 Å². The third-order valence-corrected chi connectivity index (χ3v) is 8.65. The molecule has 6 heteroatoms. The van der Waals surface area contributed by atoms with Gasteiger partial charge in [-0.25, -0.2) is 0 Å². The highest BCUT2D eigenvalue weighted by molar-refractivity contribution is 5.82. The molecule has 0 bridgehead atoms. The Labute approximate surface area is 179 Å². The van der Waals surface area contributed by atoms with Crippen LogP contribution in [-0.2, 0) is 23.8 Å². The van der Waals surface area contributed by atoms with Gasteiger partial charge in [0, 0.05) is 31.1 Å². The number of Topliss-reactive ketones (excluding diaryl/α,β-unsaturated/α-hetero) is 1. The van der Waals surface area contributed by atoms with Crippen LogP contribution in [0.15, 0.2) is 0 Å². The number of esters is 1. The third-order valence-electron chi connectivity index (χ3n) is 8.65. The van der Waals surface area contributed by atoms with Crippen LogP contribution in [0.1, 0.15) is 73.1 Å². The van der Waals surface area contributed by atoms with E-state index < -0.39 is 5.79 Å². The summed E-state index contributed by atoms with van der Waals surface area (Å²) >= 11 is 0. The molecule has 9 unspecified atom stereocenters. The van der Waals surface area contributed by atoms with E-state index in [-0.39, 0.29) is 53.4 Å². The highest BCUT2D eigenvalue weighted by atomic mass is 16.8. The molecule has 0 aromatic heterocycles. The first-order valence-corrected chi connectivity index (χ1v) is 11.5.